The third-order valence-electron chi connectivity index (χ3n) is 5.62. The molecule has 2 heterocycles. The number of hydrogen-bond donors (Lipinski definition) is 0. The van der Waals surface area contributed by atoms with Crippen molar-refractivity contribution in [2.75, 3.05) is 32.9 Å². The summed E-state index contributed by atoms with van der Waals surface area (Å²) in [5, 5.41) is 0. The number of rotatable bonds is 4. The van der Waals surface area contributed by atoms with Gasteiger partial charge in [-0.25, -0.2) is 4.99 Å². The molecule has 0 radical (unpaired) electrons. The van der Waals surface area contributed by atoms with E-state index < -0.39 is 0 Å². The lowest BCUT2D eigenvalue weighted by Crippen LogP contribution is -2.36. The maximum atomic E-state index is 5.93. The molecule has 2 aliphatic heterocycles. The van der Waals surface area contributed by atoms with E-state index in [1.807, 2.05) is 0 Å². The van der Waals surface area contributed by atoms with E-state index in [9.17, 15) is 0 Å². The van der Waals surface area contributed by atoms with Crippen molar-refractivity contribution in [1.29, 1.82) is 0 Å². The molecule has 4 nitrogen and oxygen atoms in total. The van der Waals surface area contributed by atoms with Crippen LogP contribution in [0, 0.1) is 13.8 Å². The Morgan fingerprint density at radius 3 is 2.25 bits per heavy atom. The molecule has 0 saturated carbocycles. The first-order valence-corrected chi connectivity index (χ1v) is 10.2. The van der Waals surface area contributed by atoms with E-state index in [2.05, 4.69) is 69.0 Å². The van der Waals surface area contributed by atoms with Gasteiger partial charge >= 0.3 is 0 Å². The largest absolute Gasteiger partial charge is 0.475 e. The van der Waals surface area contributed by atoms with Crippen LogP contribution >= 0.6 is 0 Å². The summed E-state index contributed by atoms with van der Waals surface area (Å²) in [6.07, 6.45) is 0. The molecule has 0 unspecified atom stereocenters. The normalized spacial score (nSPS) is 19.4. The average molecular weight is 379 g/mol. The number of hydrogen-bond acceptors (Lipinski definition) is 4. The van der Waals surface area contributed by atoms with Crippen molar-refractivity contribution in [2.24, 2.45) is 4.99 Å². The molecule has 0 spiro atoms. The molecule has 0 aliphatic carbocycles. The molecule has 2 aromatic carbocycles. The standard InChI is InChI=1S/C24H30N2O2/c1-17-13-19(14-18(2)22(17)15-26-9-11-27-12-10-26)20-7-5-6-8-21(20)23-25-24(3,4)16-28-23/h5-8,13-14H,9-12,15-16H2,1-4H3. The first-order chi connectivity index (χ1) is 13.4. The second-order valence-corrected chi connectivity index (χ2v) is 8.54. The fourth-order valence-electron chi connectivity index (χ4n) is 4.02. The minimum absolute atomic E-state index is 0.156. The van der Waals surface area contributed by atoms with Crippen molar-refractivity contribution >= 4 is 5.90 Å². The molecule has 0 aromatic heterocycles. The zero-order valence-corrected chi connectivity index (χ0v) is 17.4. The number of nitrogens with zero attached hydrogens (tertiary/aromatic N) is 2. The Hall–Kier alpha value is -2.17. The van der Waals surface area contributed by atoms with Crippen molar-refractivity contribution in [3.8, 4) is 11.1 Å². The zero-order valence-electron chi connectivity index (χ0n) is 17.4. The zero-order chi connectivity index (χ0) is 19.7. The predicted molar refractivity (Wildman–Crippen MR) is 114 cm³/mol. The fourth-order valence-corrected chi connectivity index (χ4v) is 4.02. The van der Waals surface area contributed by atoms with Crippen molar-refractivity contribution in [3.63, 3.8) is 0 Å². The fraction of sp³-hybridized carbons (Fsp3) is 0.458. The van der Waals surface area contributed by atoms with E-state index in [1.54, 1.807) is 0 Å². The second kappa shape index (κ2) is 7.69. The van der Waals surface area contributed by atoms with E-state index in [1.165, 1.54) is 27.8 Å². The molecule has 0 atom stereocenters. The van der Waals surface area contributed by atoms with E-state index in [-0.39, 0.29) is 5.54 Å². The third kappa shape index (κ3) is 3.98. The van der Waals surface area contributed by atoms with E-state index in [0.717, 1.165) is 44.3 Å². The molecule has 2 aromatic rings. The van der Waals surface area contributed by atoms with Crippen LogP contribution in [0.2, 0.25) is 0 Å². The summed E-state index contributed by atoms with van der Waals surface area (Å²) in [5.74, 6) is 0.758. The van der Waals surface area contributed by atoms with Gasteiger partial charge in [0.1, 0.15) is 6.61 Å². The van der Waals surface area contributed by atoms with Crippen LogP contribution in [0.4, 0.5) is 0 Å². The third-order valence-corrected chi connectivity index (χ3v) is 5.62. The first kappa shape index (κ1) is 19.2. The van der Waals surface area contributed by atoms with Crippen LogP contribution in [0.25, 0.3) is 11.1 Å². The highest BCUT2D eigenvalue weighted by molar-refractivity contribution is 6.01. The van der Waals surface area contributed by atoms with Gasteiger partial charge in [0.2, 0.25) is 5.90 Å². The van der Waals surface area contributed by atoms with Crippen LogP contribution in [0.15, 0.2) is 41.4 Å². The van der Waals surface area contributed by atoms with Gasteiger partial charge in [-0.05, 0) is 61.6 Å². The molecule has 4 rings (SSSR count). The van der Waals surface area contributed by atoms with Gasteiger partial charge in [-0.1, -0.05) is 30.3 Å². The van der Waals surface area contributed by atoms with Crippen molar-refractivity contribution in [2.45, 2.75) is 39.8 Å². The molecule has 1 saturated heterocycles. The molecule has 148 valence electrons. The molecule has 1 fully saturated rings. The average Bonchev–Trinajstić information content (AvgIpc) is 3.05. The molecule has 2 aliphatic rings. The second-order valence-electron chi connectivity index (χ2n) is 8.54. The molecular formula is C24H30N2O2. The van der Waals surface area contributed by atoms with Crippen LogP contribution in [0.1, 0.15) is 36.1 Å². The quantitative estimate of drug-likeness (QED) is 0.793. The van der Waals surface area contributed by atoms with Gasteiger partial charge in [0.25, 0.3) is 0 Å². The summed E-state index contributed by atoms with van der Waals surface area (Å²) in [6, 6.07) is 13.0. The predicted octanol–water partition coefficient (Wildman–Crippen LogP) is 4.36. The SMILES string of the molecule is Cc1cc(-c2ccccc2C2=NC(C)(C)CO2)cc(C)c1CN1CCOCC1. The maximum Gasteiger partial charge on any atom is 0.217 e. The van der Waals surface area contributed by atoms with Crippen LogP contribution in [-0.2, 0) is 16.0 Å². The molecular weight excluding hydrogens is 348 g/mol. The number of aryl methyl sites for hydroxylation is 2. The molecule has 0 N–H and O–H groups in total. The smallest absolute Gasteiger partial charge is 0.217 e. The Kier molecular flexibility index (Phi) is 5.26. The van der Waals surface area contributed by atoms with Gasteiger partial charge in [0, 0.05) is 25.2 Å². The highest BCUT2D eigenvalue weighted by Crippen LogP contribution is 2.31. The summed E-state index contributed by atoms with van der Waals surface area (Å²) in [4.78, 5) is 7.27. The van der Waals surface area contributed by atoms with Crippen LogP contribution in [0.5, 0.6) is 0 Å². The lowest BCUT2D eigenvalue weighted by molar-refractivity contribution is 0.0340. The van der Waals surface area contributed by atoms with Gasteiger partial charge in [-0.3, -0.25) is 4.90 Å². The molecule has 0 bridgehead atoms. The lowest BCUT2D eigenvalue weighted by atomic mass is 9.92. The van der Waals surface area contributed by atoms with Gasteiger partial charge in [-0.15, -0.1) is 0 Å². The van der Waals surface area contributed by atoms with Gasteiger partial charge in [-0.2, -0.15) is 0 Å². The van der Waals surface area contributed by atoms with Crippen LogP contribution in [0.3, 0.4) is 0 Å². The van der Waals surface area contributed by atoms with Crippen LogP contribution in [-0.4, -0.2) is 49.2 Å². The molecule has 28 heavy (non-hydrogen) atoms. The Bertz CT molecular complexity index is 872. The maximum absolute atomic E-state index is 5.93. The Balaban J connectivity index is 1.67. The monoisotopic (exact) mass is 378 g/mol. The Morgan fingerprint density at radius 2 is 1.64 bits per heavy atom. The van der Waals surface area contributed by atoms with Gasteiger partial charge in [0.05, 0.1) is 18.8 Å². The van der Waals surface area contributed by atoms with Gasteiger partial charge in [0.15, 0.2) is 0 Å². The summed E-state index contributed by atoms with van der Waals surface area (Å²) in [5.41, 5.74) is 7.44. The highest BCUT2D eigenvalue weighted by atomic mass is 16.5. The number of benzene rings is 2. The van der Waals surface area contributed by atoms with E-state index in [0.29, 0.717) is 6.61 Å². The minimum Gasteiger partial charge on any atom is -0.475 e. The highest BCUT2D eigenvalue weighted by Gasteiger charge is 2.28. The van der Waals surface area contributed by atoms with Crippen LogP contribution < -0.4 is 0 Å². The summed E-state index contributed by atoms with van der Waals surface area (Å²) >= 11 is 0. The summed E-state index contributed by atoms with van der Waals surface area (Å²) in [7, 11) is 0. The summed E-state index contributed by atoms with van der Waals surface area (Å²) in [6.45, 7) is 14.0. The Morgan fingerprint density at radius 1 is 1.00 bits per heavy atom. The van der Waals surface area contributed by atoms with E-state index >= 15 is 0 Å². The van der Waals surface area contributed by atoms with E-state index in [4.69, 9.17) is 14.5 Å². The lowest BCUT2D eigenvalue weighted by Gasteiger charge is -2.28. The number of ether oxygens (including phenoxy) is 2. The number of aliphatic imine (C=N–C) groups is 1. The summed E-state index contributed by atoms with van der Waals surface area (Å²) < 4.78 is 11.4. The molecule has 0 amide bonds. The molecule has 4 heteroatoms. The van der Waals surface area contributed by atoms with Crippen molar-refractivity contribution < 1.29 is 9.47 Å². The van der Waals surface area contributed by atoms with Crippen molar-refractivity contribution in [3.05, 3.63) is 58.7 Å². The number of morpholine rings is 1. The minimum atomic E-state index is -0.156. The van der Waals surface area contributed by atoms with Crippen molar-refractivity contribution in [1.82, 2.24) is 4.90 Å². The first-order valence-electron chi connectivity index (χ1n) is 10.2. The topological polar surface area (TPSA) is 34.1 Å². The van der Waals surface area contributed by atoms with Gasteiger partial charge < -0.3 is 9.47 Å². The Labute approximate surface area is 168 Å².